The van der Waals surface area contributed by atoms with E-state index in [-0.39, 0.29) is 5.78 Å². The number of ketones is 1. The Morgan fingerprint density at radius 1 is 1.33 bits per heavy atom. The molecule has 0 aliphatic rings. The minimum Gasteiger partial charge on any atom is -0.496 e. The second-order valence-corrected chi connectivity index (χ2v) is 4.13. The molecule has 0 N–H and O–H groups in total. The van der Waals surface area contributed by atoms with E-state index in [1.54, 1.807) is 14.0 Å². The van der Waals surface area contributed by atoms with Gasteiger partial charge in [-0.25, -0.2) is 0 Å². The lowest BCUT2D eigenvalue weighted by atomic mass is 9.95. The highest BCUT2D eigenvalue weighted by Gasteiger charge is 2.13. The van der Waals surface area contributed by atoms with Crippen molar-refractivity contribution in [3.63, 3.8) is 0 Å². The van der Waals surface area contributed by atoms with E-state index < -0.39 is 0 Å². The summed E-state index contributed by atoms with van der Waals surface area (Å²) in [5.41, 5.74) is 2.88. The van der Waals surface area contributed by atoms with Gasteiger partial charge < -0.3 is 4.74 Å². The molecule has 1 aromatic rings. The first-order valence-electron chi connectivity index (χ1n) is 5.16. The molecule has 15 heavy (non-hydrogen) atoms. The maximum Gasteiger partial charge on any atom is 0.159 e. The number of ether oxygens (including phenoxy) is 1. The molecule has 0 saturated heterocycles. The maximum absolute atomic E-state index is 11.3. The van der Waals surface area contributed by atoms with Crippen LogP contribution in [0.2, 0.25) is 0 Å². The third kappa shape index (κ3) is 2.38. The average molecular weight is 206 g/mol. The highest BCUT2D eigenvalue weighted by atomic mass is 16.5. The van der Waals surface area contributed by atoms with Gasteiger partial charge in [-0.3, -0.25) is 4.79 Å². The van der Waals surface area contributed by atoms with Crippen LogP contribution in [0.3, 0.4) is 0 Å². The van der Waals surface area contributed by atoms with E-state index in [0.717, 1.165) is 22.4 Å². The van der Waals surface area contributed by atoms with E-state index in [1.807, 2.05) is 19.1 Å². The van der Waals surface area contributed by atoms with Gasteiger partial charge in [-0.1, -0.05) is 13.8 Å². The number of carbonyl (C=O) groups excluding carboxylic acids is 1. The minimum absolute atomic E-state index is 0.0997. The molecule has 82 valence electrons. The second-order valence-electron chi connectivity index (χ2n) is 4.13. The van der Waals surface area contributed by atoms with Crippen molar-refractivity contribution < 1.29 is 9.53 Å². The number of methoxy groups -OCH3 is 1. The van der Waals surface area contributed by atoms with Crippen LogP contribution in [0, 0.1) is 6.92 Å². The number of carbonyl (C=O) groups is 1. The van der Waals surface area contributed by atoms with E-state index >= 15 is 0 Å². The number of aryl methyl sites for hydroxylation is 1. The first-order chi connectivity index (χ1) is 6.97. The first-order valence-corrected chi connectivity index (χ1v) is 5.16. The topological polar surface area (TPSA) is 26.3 Å². The zero-order valence-corrected chi connectivity index (χ0v) is 10.0. The molecule has 0 amide bonds. The normalized spacial score (nSPS) is 10.5. The summed E-state index contributed by atoms with van der Waals surface area (Å²) in [5.74, 6) is 1.36. The predicted octanol–water partition coefficient (Wildman–Crippen LogP) is 3.33. The van der Waals surface area contributed by atoms with E-state index in [1.165, 1.54) is 0 Å². The van der Waals surface area contributed by atoms with E-state index in [0.29, 0.717) is 5.92 Å². The van der Waals surface area contributed by atoms with Gasteiger partial charge in [-0.05, 0) is 43.0 Å². The summed E-state index contributed by atoms with van der Waals surface area (Å²) in [5, 5.41) is 0. The Bertz CT molecular complexity index is 378. The molecule has 2 heteroatoms. The SMILES string of the molecule is COc1c(C)cc(C(C)=O)cc1C(C)C. The van der Waals surface area contributed by atoms with Gasteiger partial charge in [0.05, 0.1) is 7.11 Å². The summed E-state index contributed by atoms with van der Waals surface area (Å²) in [6, 6.07) is 3.81. The molecule has 0 saturated carbocycles. The monoisotopic (exact) mass is 206 g/mol. The molecule has 2 nitrogen and oxygen atoms in total. The highest BCUT2D eigenvalue weighted by molar-refractivity contribution is 5.94. The molecule has 0 radical (unpaired) electrons. The summed E-state index contributed by atoms with van der Waals surface area (Å²) in [6.07, 6.45) is 0. The number of benzene rings is 1. The smallest absolute Gasteiger partial charge is 0.159 e. The Hall–Kier alpha value is -1.31. The van der Waals surface area contributed by atoms with Crippen molar-refractivity contribution in [2.75, 3.05) is 7.11 Å². The molecule has 1 aromatic carbocycles. The third-order valence-corrected chi connectivity index (χ3v) is 2.54. The van der Waals surface area contributed by atoms with Gasteiger partial charge >= 0.3 is 0 Å². The molecule has 0 heterocycles. The van der Waals surface area contributed by atoms with Gasteiger partial charge in [-0.2, -0.15) is 0 Å². The number of Topliss-reactive ketones (excluding diaryl/α,β-unsaturated/α-hetero) is 1. The molecule has 0 spiro atoms. The second kappa shape index (κ2) is 4.47. The van der Waals surface area contributed by atoms with Crippen LogP contribution in [0.5, 0.6) is 5.75 Å². The van der Waals surface area contributed by atoms with Crippen LogP contribution in [0.1, 0.15) is 48.2 Å². The first kappa shape index (κ1) is 11.8. The van der Waals surface area contributed by atoms with Crippen molar-refractivity contribution in [3.05, 3.63) is 28.8 Å². The maximum atomic E-state index is 11.3. The zero-order chi connectivity index (χ0) is 11.6. The lowest BCUT2D eigenvalue weighted by Crippen LogP contribution is -2.01. The average Bonchev–Trinajstić information content (AvgIpc) is 2.16. The van der Waals surface area contributed by atoms with Crippen LogP contribution >= 0.6 is 0 Å². The van der Waals surface area contributed by atoms with Crippen LogP contribution in [-0.2, 0) is 0 Å². The van der Waals surface area contributed by atoms with E-state index in [9.17, 15) is 4.79 Å². The Morgan fingerprint density at radius 2 is 1.93 bits per heavy atom. The Morgan fingerprint density at radius 3 is 2.33 bits per heavy atom. The van der Waals surface area contributed by atoms with Gasteiger partial charge in [0.1, 0.15) is 5.75 Å². The third-order valence-electron chi connectivity index (χ3n) is 2.54. The summed E-state index contributed by atoms with van der Waals surface area (Å²) >= 11 is 0. The molecule has 0 unspecified atom stereocenters. The molecule has 0 atom stereocenters. The van der Waals surface area contributed by atoms with Crippen LogP contribution in [0.4, 0.5) is 0 Å². The molecule has 0 bridgehead atoms. The summed E-state index contributed by atoms with van der Waals surface area (Å²) < 4.78 is 5.36. The molecule has 1 rings (SSSR count). The van der Waals surface area contributed by atoms with Crippen molar-refractivity contribution in [3.8, 4) is 5.75 Å². The standard InChI is InChI=1S/C13H18O2/c1-8(2)12-7-11(10(4)14)6-9(3)13(12)15-5/h6-8H,1-5H3. The largest absolute Gasteiger partial charge is 0.496 e. The van der Waals surface area contributed by atoms with E-state index in [2.05, 4.69) is 13.8 Å². The fourth-order valence-corrected chi connectivity index (χ4v) is 1.71. The molecular weight excluding hydrogens is 188 g/mol. The van der Waals surface area contributed by atoms with Gasteiger partial charge in [-0.15, -0.1) is 0 Å². The Balaban J connectivity index is 3.38. The number of hydrogen-bond donors (Lipinski definition) is 0. The molecule has 0 fully saturated rings. The van der Waals surface area contributed by atoms with Crippen molar-refractivity contribution >= 4 is 5.78 Å². The Labute approximate surface area is 91.3 Å². The fourth-order valence-electron chi connectivity index (χ4n) is 1.71. The summed E-state index contributed by atoms with van der Waals surface area (Å²) in [4.78, 5) is 11.3. The molecular formula is C13H18O2. The fraction of sp³-hybridized carbons (Fsp3) is 0.462. The van der Waals surface area contributed by atoms with Crippen LogP contribution in [0.25, 0.3) is 0 Å². The van der Waals surface area contributed by atoms with Gasteiger partial charge in [0.2, 0.25) is 0 Å². The van der Waals surface area contributed by atoms with Crippen LogP contribution in [0.15, 0.2) is 12.1 Å². The quantitative estimate of drug-likeness (QED) is 0.709. The van der Waals surface area contributed by atoms with Gasteiger partial charge in [0.15, 0.2) is 5.78 Å². The van der Waals surface area contributed by atoms with Crippen LogP contribution < -0.4 is 4.74 Å². The molecule has 0 aliphatic carbocycles. The molecule has 0 aromatic heterocycles. The van der Waals surface area contributed by atoms with Crippen molar-refractivity contribution in [2.24, 2.45) is 0 Å². The lowest BCUT2D eigenvalue weighted by Gasteiger charge is -2.15. The zero-order valence-electron chi connectivity index (χ0n) is 10.0. The van der Waals surface area contributed by atoms with Crippen molar-refractivity contribution in [1.29, 1.82) is 0 Å². The summed E-state index contributed by atoms with van der Waals surface area (Å²) in [7, 11) is 1.67. The number of hydrogen-bond acceptors (Lipinski definition) is 2. The van der Waals surface area contributed by atoms with Gasteiger partial charge in [0, 0.05) is 5.56 Å². The summed E-state index contributed by atoms with van der Waals surface area (Å²) in [6.45, 7) is 7.75. The van der Waals surface area contributed by atoms with E-state index in [4.69, 9.17) is 4.74 Å². The molecule has 0 aliphatic heterocycles. The number of rotatable bonds is 3. The Kier molecular flexibility index (Phi) is 3.51. The highest BCUT2D eigenvalue weighted by Crippen LogP contribution is 2.31. The van der Waals surface area contributed by atoms with Gasteiger partial charge in [0.25, 0.3) is 0 Å². The van der Waals surface area contributed by atoms with Crippen molar-refractivity contribution in [1.82, 2.24) is 0 Å². The predicted molar refractivity (Wildman–Crippen MR) is 61.8 cm³/mol. The van der Waals surface area contributed by atoms with Crippen LogP contribution in [-0.4, -0.2) is 12.9 Å². The minimum atomic E-state index is 0.0997. The van der Waals surface area contributed by atoms with Crippen molar-refractivity contribution in [2.45, 2.75) is 33.6 Å². The lowest BCUT2D eigenvalue weighted by molar-refractivity contribution is 0.101.